The predicted molar refractivity (Wildman–Crippen MR) is 68.8 cm³/mol. The van der Waals surface area contributed by atoms with Crippen LogP contribution in [0.2, 0.25) is 0 Å². The Kier molecular flexibility index (Phi) is 5.75. The lowest BCUT2D eigenvalue weighted by atomic mass is 9.99. The van der Waals surface area contributed by atoms with E-state index in [9.17, 15) is 9.90 Å². The molecule has 0 aliphatic heterocycles. The number of methoxy groups -OCH3 is 1. The van der Waals surface area contributed by atoms with Crippen LogP contribution in [0.4, 0.5) is 4.79 Å². The summed E-state index contributed by atoms with van der Waals surface area (Å²) in [6, 6.07) is 8.65. The molecule has 0 unspecified atom stereocenters. The molecule has 96 valence electrons. The molecule has 18 heavy (non-hydrogen) atoms. The van der Waals surface area contributed by atoms with E-state index in [1.54, 1.807) is 12.1 Å². The van der Waals surface area contributed by atoms with Crippen molar-refractivity contribution in [2.45, 2.75) is 25.0 Å². The van der Waals surface area contributed by atoms with Crippen molar-refractivity contribution in [2.75, 3.05) is 7.11 Å². The fraction of sp³-hybridized carbons (Fsp3) is 0.357. The fourth-order valence-electron chi connectivity index (χ4n) is 1.64. The number of alkyl carbamates (subject to hydrolysis) is 1. The molecule has 4 nitrogen and oxygen atoms in total. The first-order valence-electron chi connectivity index (χ1n) is 5.70. The topological polar surface area (TPSA) is 58.6 Å². The van der Waals surface area contributed by atoms with E-state index in [4.69, 9.17) is 6.42 Å². The van der Waals surface area contributed by atoms with Gasteiger partial charge in [0.25, 0.3) is 0 Å². The number of aliphatic hydroxyl groups is 1. The van der Waals surface area contributed by atoms with Crippen LogP contribution in [0.15, 0.2) is 30.3 Å². The van der Waals surface area contributed by atoms with Crippen molar-refractivity contribution >= 4 is 6.09 Å². The fourth-order valence-corrected chi connectivity index (χ4v) is 1.64. The molecule has 0 aliphatic rings. The molecule has 0 aliphatic carbocycles. The van der Waals surface area contributed by atoms with Crippen LogP contribution >= 0.6 is 0 Å². The molecule has 0 fully saturated rings. The van der Waals surface area contributed by atoms with E-state index in [1.807, 2.05) is 18.2 Å². The lowest BCUT2D eigenvalue weighted by molar-refractivity contribution is 0.111. The molecule has 2 N–H and O–H groups in total. The number of rotatable bonds is 5. The Morgan fingerprint density at radius 3 is 2.72 bits per heavy atom. The van der Waals surface area contributed by atoms with Crippen molar-refractivity contribution < 1.29 is 14.6 Å². The van der Waals surface area contributed by atoms with E-state index in [2.05, 4.69) is 16.0 Å². The Morgan fingerprint density at radius 2 is 2.17 bits per heavy atom. The van der Waals surface area contributed by atoms with Gasteiger partial charge < -0.3 is 15.2 Å². The number of carbonyl (C=O) groups is 1. The zero-order chi connectivity index (χ0) is 13.4. The molecule has 0 bridgehead atoms. The molecule has 2 atom stereocenters. The van der Waals surface area contributed by atoms with Gasteiger partial charge in [-0.2, -0.15) is 0 Å². The van der Waals surface area contributed by atoms with Crippen molar-refractivity contribution in [2.24, 2.45) is 0 Å². The summed E-state index contributed by atoms with van der Waals surface area (Å²) in [6.45, 7) is 0. The van der Waals surface area contributed by atoms with E-state index in [-0.39, 0.29) is 0 Å². The van der Waals surface area contributed by atoms with E-state index in [0.29, 0.717) is 12.8 Å². The number of hydrogen-bond donors (Lipinski definition) is 2. The second-order valence-electron chi connectivity index (χ2n) is 3.84. The van der Waals surface area contributed by atoms with E-state index >= 15 is 0 Å². The third-order valence-electron chi connectivity index (χ3n) is 2.61. The molecule has 4 heteroatoms. The summed E-state index contributed by atoms with van der Waals surface area (Å²) < 4.78 is 4.53. The summed E-state index contributed by atoms with van der Waals surface area (Å²) in [7, 11) is 1.28. The maximum absolute atomic E-state index is 11.2. The number of amides is 1. The van der Waals surface area contributed by atoms with Crippen molar-refractivity contribution in [1.82, 2.24) is 5.32 Å². The number of hydrogen-bond acceptors (Lipinski definition) is 3. The standard InChI is InChI=1S/C14H17NO3/c1-3-4-10-12(15-14(17)18-2)13(16)11-8-6-5-7-9-11/h1,5-9,12-13,16H,4,10H2,2H3,(H,15,17)/t12-,13+/m1/s1. The van der Waals surface area contributed by atoms with Crippen LogP contribution in [0.5, 0.6) is 0 Å². The smallest absolute Gasteiger partial charge is 0.407 e. The number of ether oxygens (including phenoxy) is 1. The van der Waals surface area contributed by atoms with Gasteiger partial charge in [-0.05, 0) is 12.0 Å². The summed E-state index contributed by atoms with van der Waals surface area (Å²) in [5.74, 6) is 2.49. The maximum Gasteiger partial charge on any atom is 0.407 e. The first-order chi connectivity index (χ1) is 8.69. The Labute approximate surface area is 107 Å². The first-order valence-corrected chi connectivity index (χ1v) is 5.70. The molecule has 0 spiro atoms. The highest BCUT2D eigenvalue weighted by molar-refractivity contribution is 5.67. The maximum atomic E-state index is 11.2. The van der Waals surface area contributed by atoms with Crippen LogP contribution in [0.1, 0.15) is 24.5 Å². The molecule has 1 amide bonds. The summed E-state index contributed by atoms with van der Waals surface area (Å²) >= 11 is 0. The summed E-state index contributed by atoms with van der Waals surface area (Å²) in [6.07, 6.45) is 4.78. The monoisotopic (exact) mass is 247 g/mol. The molecule has 1 rings (SSSR count). The van der Waals surface area contributed by atoms with E-state index < -0.39 is 18.2 Å². The minimum Gasteiger partial charge on any atom is -0.453 e. The molecule has 0 saturated heterocycles. The van der Waals surface area contributed by atoms with Crippen molar-refractivity contribution in [3.63, 3.8) is 0 Å². The average Bonchev–Trinajstić information content (AvgIpc) is 2.43. The minimum atomic E-state index is -0.807. The quantitative estimate of drug-likeness (QED) is 0.781. The van der Waals surface area contributed by atoms with Gasteiger partial charge in [0.15, 0.2) is 0 Å². The van der Waals surface area contributed by atoms with Gasteiger partial charge >= 0.3 is 6.09 Å². The lowest BCUT2D eigenvalue weighted by Crippen LogP contribution is -2.39. The van der Waals surface area contributed by atoms with Crippen LogP contribution in [0.25, 0.3) is 0 Å². The normalized spacial score (nSPS) is 13.2. The van der Waals surface area contributed by atoms with Gasteiger partial charge in [-0.1, -0.05) is 30.3 Å². The average molecular weight is 247 g/mol. The number of aliphatic hydroxyl groups excluding tert-OH is 1. The predicted octanol–water partition coefficient (Wildman–Crippen LogP) is 1.86. The highest BCUT2D eigenvalue weighted by atomic mass is 16.5. The van der Waals surface area contributed by atoms with Crippen molar-refractivity contribution in [3.05, 3.63) is 35.9 Å². The van der Waals surface area contributed by atoms with Gasteiger partial charge in [-0.3, -0.25) is 0 Å². The van der Waals surface area contributed by atoms with Gasteiger partial charge in [0.05, 0.1) is 19.3 Å². The highest BCUT2D eigenvalue weighted by Gasteiger charge is 2.22. The Hall–Kier alpha value is -1.99. The van der Waals surface area contributed by atoms with E-state index in [1.165, 1.54) is 7.11 Å². The first kappa shape index (κ1) is 14.1. The lowest BCUT2D eigenvalue weighted by Gasteiger charge is -2.23. The van der Waals surface area contributed by atoms with Gasteiger partial charge in [0.1, 0.15) is 0 Å². The zero-order valence-corrected chi connectivity index (χ0v) is 10.3. The summed E-state index contributed by atoms with van der Waals surface area (Å²) in [4.78, 5) is 11.2. The zero-order valence-electron chi connectivity index (χ0n) is 10.3. The van der Waals surface area contributed by atoms with Gasteiger partial charge in [-0.15, -0.1) is 12.3 Å². The van der Waals surface area contributed by atoms with Crippen molar-refractivity contribution in [1.29, 1.82) is 0 Å². The molecular formula is C14H17NO3. The number of nitrogens with one attached hydrogen (secondary N) is 1. The summed E-state index contributed by atoms with van der Waals surface area (Å²) in [5.41, 5.74) is 0.732. The Balaban J connectivity index is 2.75. The Morgan fingerprint density at radius 1 is 1.50 bits per heavy atom. The van der Waals surface area contributed by atoms with Crippen molar-refractivity contribution in [3.8, 4) is 12.3 Å². The van der Waals surface area contributed by atoms with E-state index in [0.717, 1.165) is 5.56 Å². The van der Waals surface area contributed by atoms with Crippen LogP contribution < -0.4 is 5.32 Å². The molecule has 0 radical (unpaired) electrons. The van der Waals surface area contributed by atoms with Crippen LogP contribution in [0.3, 0.4) is 0 Å². The largest absolute Gasteiger partial charge is 0.453 e. The van der Waals surface area contributed by atoms with Crippen LogP contribution in [0, 0.1) is 12.3 Å². The molecular weight excluding hydrogens is 230 g/mol. The number of carbonyl (C=O) groups excluding carboxylic acids is 1. The van der Waals surface area contributed by atoms with Crippen LogP contribution in [-0.2, 0) is 4.74 Å². The molecule has 0 heterocycles. The molecule has 0 aromatic heterocycles. The second kappa shape index (κ2) is 7.36. The number of terminal acetylenes is 1. The molecule has 1 aromatic carbocycles. The Bertz CT molecular complexity index is 411. The van der Waals surface area contributed by atoms with Gasteiger partial charge in [-0.25, -0.2) is 4.79 Å². The van der Waals surface area contributed by atoms with Crippen LogP contribution in [-0.4, -0.2) is 24.4 Å². The molecule has 1 aromatic rings. The highest BCUT2D eigenvalue weighted by Crippen LogP contribution is 2.19. The summed E-state index contributed by atoms with van der Waals surface area (Å²) in [5, 5.41) is 12.8. The molecule has 0 saturated carbocycles. The number of benzene rings is 1. The van der Waals surface area contributed by atoms with Gasteiger partial charge in [0, 0.05) is 6.42 Å². The SMILES string of the molecule is C#CCC[C@@H](NC(=O)OC)[C@@H](O)c1ccccc1. The minimum absolute atomic E-state index is 0.462. The van der Waals surface area contributed by atoms with Gasteiger partial charge in [0.2, 0.25) is 0 Å². The second-order valence-corrected chi connectivity index (χ2v) is 3.84. The third-order valence-corrected chi connectivity index (χ3v) is 2.61. The third kappa shape index (κ3) is 4.11.